The van der Waals surface area contributed by atoms with Crippen LogP contribution in [0.4, 0.5) is 0 Å². The van der Waals surface area contributed by atoms with Crippen LogP contribution in [0.1, 0.15) is 11.1 Å². The SMILES string of the molecule is Cc1ccc(OCC(=O)NCCn2nc(-c3ccco3)ccc2=O)c(C)c1. The third-order valence-corrected chi connectivity index (χ3v) is 3.98. The number of benzene rings is 1. The number of rotatable bonds is 7. The lowest BCUT2D eigenvalue weighted by Crippen LogP contribution is -2.34. The summed E-state index contributed by atoms with van der Waals surface area (Å²) in [5.41, 5.74) is 2.43. The fraction of sp³-hybridized carbons (Fsp3) is 0.250. The molecule has 1 amide bonds. The molecule has 0 bridgehead atoms. The third kappa shape index (κ3) is 4.84. The molecule has 7 nitrogen and oxygen atoms in total. The van der Waals surface area contributed by atoms with E-state index in [0.29, 0.717) is 17.2 Å². The summed E-state index contributed by atoms with van der Waals surface area (Å²) in [4.78, 5) is 23.9. The minimum Gasteiger partial charge on any atom is -0.484 e. The summed E-state index contributed by atoms with van der Waals surface area (Å²) in [6.45, 7) is 4.37. The van der Waals surface area contributed by atoms with E-state index in [2.05, 4.69) is 10.4 Å². The lowest BCUT2D eigenvalue weighted by molar-refractivity contribution is -0.123. The molecule has 0 aliphatic carbocycles. The van der Waals surface area contributed by atoms with Gasteiger partial charge in [-0.25, -0.2) is 4.68 Å². The van der Waals surface area contributed by atoms with Crippen LogP contribution in [0.2, 0.25) is 0 Å². The topological polar surface area (TPSA) is 86.4 Å². The summed E-state index contributed by atoms with van der Waals surface area (Å²) < 4.78 is 12.1. The van der Waals surface area contributed by atoms with E-state index in [0.717, 1.165) is 11.1 Å². The number of carbonyl (C=O) groups is 1. The molecule has 0 atom stereocenters. The summed E-state index contributed by atoms with van der Waals surface area (Å²) in [5.74, 6) is 1.000. The second-order valence-electron chi connectivity index (χ2n) is 6.16. The minimum absolute atomic E-state index is 0.0847. The van der Waals surface area contributed by atoms with Crippen LogP contribution in [0, 0.1) is 13.8 Å². The number of carbonyl (C=O) groups excluding carboxylic acids is 1. The summed E-state index contributed by atoms with van der Waals surface area (Å²) in [6, 6.07) is 12.3. The molecular formula is C20H21N3O4. The average Bonchev–Trinajstić information content (AvgIpc) is 3.17. The zero-order valence-electron chi connectivity index (χ0n) is 15.3. The number of hydrogen-bond acceptors (Lipinski definition) is 5. The van der Waals surface area contributed by atoms with Crippen molar-refractivity contribution >= 4 is 5.91 Å². The van der Waals surface area contributed by atoms with Crippen molar-refractivity contribution in [3.8, 4) is 17.2 Å². The van der Waals surface area contributed by atoms with Gasteiger partial charge in [0.1, 0.15) is 11.4 Å². The second kappa shape index (κ2) is 8.35. The van der Waals surface area contributed by atoms with Gasteiger partial charge < -0.3 is 14.5 Å². The molecule has 0 radical (unpaired) electrons. The Bertz CT molecular complexity index is 977. The second-order valence-corrected chi connectivity index (χ2v) is 6.16. The van der Waals surface area contributed by atoms with Crippen LogP contribution in [0.25, 0.3) is 11.5 Å². The largest absolute Gasteiger partial charge is 0.484 e. The first-order valence-corrected chi connectivity index (χ1v) is 8.62. The van der Waals surface area contributed by atoms with Crippen molar-refractivity contribution in [1.29, 1.82) is 0 Å². The average molecular weight is 367 g/mol. The minimum atomic E-state index is -0.259. The van der Waals surface area contributed by atoms with Crippen molar-refractivity contribution < 1.29 is 13.9 Å². The molecule has 1 aromatic carbocycles. The van der Waals surface area contributed by atoms with Crippen LogP contribution >= 0.6 is 0 Å². The first kappa shape index (κ1) is 18.4. The standard InChI is InChI=1S/C20H21N3O4/c1-14-5-7-17(15(2)12-14)27-13-19(24)21-9-10-23-20(25)8-6-16(22-23)18-4-3-11-26-18/h3-8,11-12H,9-10,13H2,1-2H3,(H,21,24). The van der Waals surface area contributed by atoms with E-state index in [1.807, 2.05) is 32.0 Å². The van der Waals surface area contributed by atoms with E-state index in [4.69, 9.17) is 9.15 Å². The van der Waals surface area contributed by atoms with Gasteiger partial charge in [0.2, 0.25) is 0 Å². The van der Waals surface area contributed by atoms with Crippen LogP contribution in [0.5, 0.6) is 5.75 Å². The molecule has 0 spiro atoms. The van der Waals surface area contributed by atoms with E-state index in [1.165, 1.54) is 10.7 Å². The lowest BCUT2D eigenvalue weighted by Gasteiger charge is -2.10. The summed E-state index contributed by atoms with van der Waals surface area (Å²) in [5, 5.41) is 6.98. The maximum atomic E-state index is 12.0. The van der Waals surface area contributed by atoms with Crippen molar-refractivity contribution in [1.82, 2.24) is 15.1 Å². The molecule has 0 aliphatic rings. The van der Waals surface area contributed by atoms with Gasteiger partial charge in [0.25, 0.3) is 11.5 Å². The highest BCUT2D eigenvalue weighted by Crippen LogP contribution is 2.18. The first-order chi connectivity index (χ1) is 13.0. The predicted octanol–water partition coefficient (Wildman–Crippen LogP) is 2.32. The molecule has 140 valence electrons. The summed E-state index contributed by atoms with van der Waals surface area (Å²) in [6.07, 6.45) is 1.54. The number of hydrogen-bond donors (Lipinski definition) is 1. The van der Waals surface area contributed by atoms with Gasteiger partial charge in [-0.15, -0.1) is 0 Å². The van der Waals surface area contributed by atoms with Crippen molar-refractivity contribution in [3.63, 3.8) is 0 Å². The van der Waals surface area contributed by atoms with Gasteiger partial charge in [-0.3, -0.25) is 9.59 Å². The Hall–Kier alpha value is -3.35. The fourth-order valence-electron chi connectivity index (χ4n) is 2.62. The Kier molecular flexibility index (Phi) is 5.71. The molecule has 3 rings (SSSR count). The highest BCUT2D eigenvalue weighted by molar-refractivity contribution is 5.77. The number of aryl methyl sites for hydroxylation is 2. The molecule has 0 fully saturated rings. The van der Waals surface area contributed by atoms with Crippen molar-refractivity contribution in [2.45, 2.75) is 20.4 Å². The summed E-state index contributed by atoms with van der Waals surface area (Å²) >= 11 is 0. The van der Waals surface area contributed by atoms with Crippen molar-refractivity contribution in [2.24, 2.45) is 0 Å². The Labute approximate surface area is 156 Å². The molecule has 2 heterocycles. The molecule has 3 aromatic rings. The van der Waals surface area contributed by atoms with Crippen molar-refractivity contribution in [3.05, 3.63) is 70.2 Å². The maximum absolute atomic E-state index is 12.0. The number of ether oxygens (including phenoxy) is 1. The molecule has 1 N–H and O–H groups in total. The molecule has 0 aliphatic heterocycles. The maximum Gasteiger partial charge on any atom is 0.266 e. The molecule has 0 unspecified atom stereocenters. The van der Waals surface area contributed by atoms with Gasteiger partial charge in [-0.1, -0.05) is 17.7 Å². The monoisotopic (exact) mass is 367 g/mol. The normalized spacial score (nSPS) is 10.6. The number of furan rings is 1. The van der Waals surface area contributed by atoms with Gasteiger partial charge in [-0.2, -0.15) is 5.10 Å². The van der Waals surface area contributed by atoms with E-state index in [1.54, 1.807) is 24.5 Å². The van der Waals surface area contributed by atoms with E-state index < -0.39 is 0 Å². The number of nitrogens with zero attached hydrogens (tertiary/aromatic N) is 2. The van der Waals surface area contributed by atoms with Gasteiger partial charge in [-0.05, 0) is 43.7 Å². The molecule has 0 saturated carbocycles. The van der Waals surface area contributed by atoms with Crippen LogP contribution in [0.3, 0.4) is 0 Å². The molecular weight excluding hydrogens is 346 g/mol. The first-order valence-electron chi connectivity index (χ1n) is 8.62. The Morgan fingerprint density at radius 3 is 2.81 bits per heavy atom. The Morgan fingerprint density at radius 2 is 2.07 bits per heavy atom. The van der Waals surface area contributed by atoms with Gasteiger partial charge in [0.05, 0.1) is 12.8 Å². The predicted molar refractivity (Wildman–Crippen MR) is 101 cm³/mol. The highest BCUT2D eigenvalue weighted by Gasteiger charge is 2.07. The van der Waals surface area contributed by atoms with Gasteiger partial charge >= 0.3 is 0 Å². The highest BCUT2D eigenvalue weighted by atomic mass is 16.5. The Balaban J connectivity index is 1.51. The van der Waals surface area contributed by atoms with Crippen LogP contribution in [-0.2, 0) is 11.3 Å². The third-order valence-electron chi connectivity index (χ3n) is 3.98. The number of nitrogens with one attached hydrogen (secondary N) is 1. The quantitative estimate of drug-likeness (QED) is 0.693. The van der Waals surface area contributed by atoms with E-state index in [9.17, 15) is 9.59 Å². The fourth-order valence-corrected chi connectivity index (χ4v) is 2.62. The number of aromatic nitrogens is 2. The summed E-state index contributed by atoms with van der Waals surface area (Å²) in [7, 11) is 0. The zero-order valence-corrected chi connectivity index (χ0v) is 15.3. The molecule has 2 aromatic heterocycles. The van der Waals surface area contributed by atoms with Crippen LogP contribution < -0.4 is 15.6 Å². The smallest absolute Gasteiger partial charge is 0.266 e. The Morgan fingerprint density at radius 1 is 1.22 bits per heavy atom. The molecule has 0 saturated heterocycles. The molecule has 7 heteroatoms. The molecule has 27 heavy (non-hydrogen) atoms. The van der Waals surface area contributed by atoms with Crippen LogP contribution in [-0.4, -0.2) is 28.8 Å². The van der Waals surface area contributed by atoms with Gasteiger partial charge in [0, 0.05) is 12.6 Å². The van der Waals surface area contributed by atoms with Crippen LogP contribution in [0.15, 0.2) is 57.9 Å². The van der Waals surface area contributed by atoms with E-state index >= 15 is 0 Å². The van der Waals surface area contributed by atoms with Gasteiger partial charge in [0.15, 0.2) is 12.4 Å². The van der Waals surface area contributed by atoms with Crippen molar-refractivity contribution in [2.75, 3.05) is 13.2 Å². The zero-order chi connectivity index (χ0) is 19.2. The lowest BCUT2D eigenvalue weighted by atomic mass is 10.1. The van der Waals surface area contributed by atoms with E-state index in [-0.39, 0.29) is 31.2 Å². The number of amides is 1.